The summed E-state index contributed by atoms with van der Waals surface area (Å²) in [7, 11) is 1.62. The molecular weight excluding hydrogens is 510 g/mol. The molecule has 1 heterocycles. The van der Waals surface area contributed by atoms with Gasteiger partial charge in [0, 0.05) is 37.3 Å². The molecule has 1 aromatic rings. The van der Waals surface area contributed by atoms with Gasteiger partial charge in [-0.25, -0.2) is 0 Å². The first kappa shape index (κ1) is 36.7. The summed E-state index contributed by atoms with van der Waals surface area (Å²) in [5, 5.41) is 15.9. The van der Waals surface area contributed by atoms with Crippen LogP contribution in [0.2, 0.25) is 0 Å². The zero-order valence-corrected chi connectivity index (χ0v) is 25.7. The molecule has 10 nitrogen and oxygen atoms in total. The number of hydrogen-bond donors (Lipinski definition) is 2. The van der Waals surface area contributed by atoms with E-state index in [1.54, 1.807) is 32.2 Å². The maximum atomic E-state index is 12.4. The van der Waals surface area contributed by atoms with Crippen LogP contribution in [0.5, 0.6) is 0 Å². The van der Waals surface area contributed by atoms with Crippen molar-refractivity contribution in [1.29, 1.82) is 0 Å². The number of nitro benzene ring substituents is 1. The van der Waals surface area contributed by atoms with Crippen molar-refractivity contribution in [3.05, 3.63) is 51.6 Å². The normalized spacial score (nSPS) is 14.2. The molecule has 10 heteroatoms. The Morgan fingerprint density at radius 2 is 1.73 bits per heavy atom. The van der Waals surface area contributed by atoms with Gasteiger partial charge >= 0.3 is 0 Å². The second-order valence-corrected chi connectivity index (χ2v) is 10.6. The van der Waals surface area contributed by atoms with Gasteiger partial charge in [-0.2, -0.15) is 0 Å². The van der Waals surface area contributed by atoms with Crippen molar-refractivity contribution in [2.24, 2.45) is 5.92 Å². The van der Waals surface area contributed by atoms with E-state index in [1.165, 1.54) is 55.8 Å². The number of benzene rings is 1. The smallest absolute Gasteiger partial charge is 0.269 e. The monoisotopic (exact) mass is 561 g/mol. The van der Waals surface area contributed by atoms with Crippen molar-refractivity contribution in [3.63, 3.8) is 0 Å². The maximum Gasteiger partial charge on any atom is 0.269 e. The molecule has 40 heavy (non-hydrogen) atoms. The average Bonchev–Trinajstić information content (AvgIpc) is 2.93. The molecule has 0 aliphatic carbocycles. The molecule has 1 aliphatic heterocycles. The Balaban J connectivity index is 0.00000104. The number of carbonyl (C=O) groups excluding carboxylic acids is 3. The molecule has 0 unspecified atom stereocenters. The fourth-order valence-electron chi connectivity index (χ4n) is 4.04. The van der Waals surface area contributed by atoms with Crippen LogP contribution in [0.4, 0.5) is 5.69 Å². The van der Waals surface area contributed by atoms with Gasteiger partial charge in [-0.3, -0.25) is 24.5 Å². The molecule has 2 N–H and O–H groups in total. The van der Waals surface area contributed by atoms with Gasteiger partial charge in [-0.15, -0.1) is 0 Å². The van der Waals surface area contributed by atoms with Crippen LogP contribution in [-0.4, -0.2) is 71.7 Å². The van der Waals surface area contributed by atoms with E-state index in [1.807, 2.05) is 13.8 Å². The summed E-state index contributed by atoms with van der Waals surface area (Å²) < 4.78 is 0. The Morgan fingerprint density at radius 3 is 2.20 bits per heavy atom. The van der Waals surface area contributed by atoms with Gasteiger partial charge in [0.2, 0.25) is 18.2 Å². The Labute approximate surface area is 240 Å². The van der Waals surface area contributed by atoms with E-state index in [4.69, 9.17) is 0 Å². The first-order chi connectivity index (χ1) is 18.9. The van der Waals surface area contributed by atoms with E-state index in [2.05, 4.69) is 43.2 Å². The van der Waals surface area contributed by atoms with Crippen LogP contribution in [0, 0.1) is 16.0 Å². The first-order valence-electron chi connectivity index (χ1n) is 14.3. The summed E-state index contributed by atoms with van der Waals surface area (Å²) in [4.78, 5) is 49.2. The Hall–Kier alpha value is -3.27. The van der Waals surface area contributed by atoms with Gasteiger partial charge in [0.25, 0.3) is 5.69 Å². The highest BCUT2D eigenvalue weighted by Gasteiger charge is 2.22. The third kappa shape index (κ3) is 14.8. The third-order valence-electron chi connectivity index (χ3n) is 6.33. The van der Waals surface area contributed by atoms with Gasteiger partial charge in [0.05, 0.1) is 17.5 Å². The van der Waals surface area contributed by atoms with Crippen molar-refractivity contribution >= 4 is 23.9 Å². The number of amides is 3. The number of nitrogens with one attached hydrogen (secondary N) is 2. The summed E-state index contributed by atoms with van der Waals surface area (Å²) in [5.41, 5.74) is 0.998. The summed E-state index contributed by atoms with van der Waals surface area (Å²) in [6, 6.07) is 6.48. The van der Waals surface area contributed by atoms with Crippen LogP contribution in [-0.2, 0) is 20.9 Å². The fourth-order valence-corrected chi connectivity index (χ4v) is 4.04. The molecule has 0 radical (unpaired) electrons. The molecule has 0 spiro atoms. The Morgan fingerprint density at radius 1 is 1.12 bits per heavy atom. The lowest BCUT2D eigenvalue weighted by atomic mass is 9.99. The molecular formula is C30H51N5O5. The van der Waals surface area contributed by atoms with E-state index < -0.39 is 4.92 Å². The third-order valence-corrected chi connectivity index (χ3v) is 6.33. The highest BCUT2D eigenvalue weighted by Crippen LogP contribution is 2.15. The second-order valence-electron chi connectivity index (χ2n) is 10.6. The van der Waals surface area contributed by atoms with E-state index in [0.717, 1.165) is 6.04 Å². The van der Waals surface area contributed by atoms with Crippen LogP contribution in [0.25, 0.3) is 0 Å². The lowest BCUT2D eigenvalue weighted by Gasteiger charge is -2.29. The van der Waals surface area contributed by atoms with Crippen LogP contribution in [0.3, 0.4) is 0 Å². The standard InChI is InChI=1S/C19H26N4O5.C8H17N.C3H8/c1-13(2)17(22(4)18(25)11-20-12-24)8-14(3)19(26)21-10-15-6-5-7-16(9-15)23(27)28;1-8(2)9-6-4-3-5-7-9;1-3-2/h5-9,12-13,17H,10-11H2,1-4H3,(H,20,24)(H,21,26);8H,3-7H2,1-2H3;3H2,1-2H3/b14-8+;;/t17-;;/m1../s1. The molecule has 1 aliphatic rings. The quantitative estimate of drug-likeness (QED) is 0.175. The second kappa shape index (κ2) is 20.6. The number of nitro groups is 1. The fraction of sp³-hybridized carbons (Fsp3) is 0.633. The van der Waals surface area contributed by atoms with Crippen LogP contribution >= 0.6 is 0 Å². The highest BCUT2D eigenvalue weighted by atomic mass is 16.6. The number of hydrogen-bond acceptors (Lipinski definition) is 6. The van der Waals surface area contributed by atoms with Crippen LogP contribution in [0.1, 0.15) is 79.7 Å². The number of piperidine rings is 1. The van der Waals surface area contributed by atoms with Gasteiger partial charge in [-0.05, 0) is 58.2 Å². The van der Waals surface area contributed by atoms with Crippen molar-refractivity contribution in [2.75, 3.05) is 26.7 Å². The molecule has 1 fully saturated rings. The van der Waals surface area contributed by atoms with Crippen molar-refractivity contribution in [1.82, 2.24) is 20.4 Å². The summed E-state index contributed by atoms with van der Waals surface area (Å²) in [6.45, 7) is 17.0. The first-order valence-corrected chi connectivity index (χ1v) is 14.3. The van der Waals surface area contributed by atoms with E-state index in [9.17, 15) is 24.5 Å². The zero-order chi connectivity index (χ0) is 30.7. The summed E-state index contributed by atoms with van der Waals surface area (Å²) >= 11 is 0. The van der Waals surface area contributed by atoms with E-state index in [-0.39, 0.29) is 42.6 Å². The molecule has 1 aromatic carbocycles. The molecule has 1 saturated heterocycles. The minimum absolute atomic E-state index is 0.0389. The van der Waals surface area contributed by atoms with Gasteiger partial charge < -0.3 is 20.4 Å². The maximum absolute atomic E-state index is 12.4. The predicted octanol–water partition coefficient (Wildman–Crippen LogP) is 4.68. The SMILES string of the molecule is C/C(=C\[C@H](C(C)C)N(C)C(=O)CNC=O)C(=O)NCc1cccc([N+](=O)[O-])c1.CC(C)N1CCCCC1.CCC. The zero-order valence-electron chi connectivity index (χ0n) is 25.7. The molecule has 226 valence electrons. The molecule has 2 rings (SSSR count). The summed E-state index contributed by atoms with van der Waals surface area (Å²) in [6.07, 6.45) is 7.68. The van der Waals surface area contributed by atoms with Gasteiger partial charge in [0.15, 0.2) is 0 Å². The highest BCUT2D eigenvalue weighted by molar-refractivity contribution is 5.93. The lowest BCUT2D eigenvalue weighted by Crippen LogP contribution is -2.43. The molecule has 0 saturated carbocycles. The number of likely N-dealkylation sites (N-methyl/N-ethyl adjacent to an activating group) is 1. The molecule has 0 aromatic heterocycles. The summed E-state index contributed by atoms with van der Waals surface area (Å²) in [5.74, 6) is -0.555. The molecule has 3 amide bonds. The molecule has 0 bridgehead atoms. The van der Waals surface area contributed by atoms with Crippen molar-refractivity contribution in [2.45, 2.75) is 92.8 Å². The topological polar surface area (TPSA) is 125 Å². The van der Waals surface area contributed by atoms with Crippen LogP contribution in [0.15, 0.2) is 35.9 Å². The van der Waals surface area contributed by atoms with Crippen LogP contribution < -0.4 is 10.6 Å². The van der Waals surface area contributed by atoms with Gasteiger partial charge in [-0.1, -0.05) is 58.7 Å². The van der Waals surface area contributed by atoms with Crippen molar-refractivity contribution in [3.8, 4) is 0 Å². The number of likely N-dealkylation sites (tertiary alicyclic amines) is 1. The molecule has 1 atom stereocenters. The van der Waals surface area contributed by atoms with Gasteiger partial charge in [0.1, 0.15) is 0 Å². The largest absolute Gasteiger partial charge is 0.350 e. The predicted molar refractivity (Wildman–Crippen MR) is 161 cm³/mol. The lowest BCUT2D eigenvalue weighted by molar-refractivity contribution is -0.384. The Kier molecular flexibility index (Phi) is 18.9. The Bertz CT molecular complexity index is 942. The number of non-ortho nitro benzene ring substituents is 1. The number of rotatable bonds is 11. The number of nitrogens with zero attached hydrogens (tertiary/aromatic N) is 3. The van der Waals surface area contributed by atoms with E-state index in [0.29, 0.717) is 17.5 Å². The minimum atomic E-state index is -0.490. The average molecular weight is 562 g/mol. The van der Waals surface area contributed by atoms with Crippen molar-refractivity contribution < 1.29 is 19.3 Å². The van der Waals surface area contributed by atoms with E-state index >= 15 is 0 Å². The number of carbonyl (C=O) groups is 3. The minimum Gasteiger partial charge on any atom is -0.350 e.